The molecule has 0 spiro atoms. The highest BCUT2D eigenvalue weighted by molar-refractivity contribution is 6.38. The standard InChI is InChI=1S/C35H29Cl2N5O4.2ClH/c1-22-6-10-24-4-3-5-30(34(24)40-22)46-21-27-28(36)13-14-29(33(27)37)42(2)32(44)20-39-31(43)15-9-23-7-11-25(12-8-23)35(45)41-26-16-18-38-19-17-26;;/h3-19H,20-21H2,1-2H3,(H,39,43)(H,38,41,45);2*1H/b15-9+;;. The number of anilines is 2. The zero-order valence-corrected chi connectivity index (χ0v) is 28.9. The van der Waals surface area contributed by atoms with E-state index in [4.69, 9.17) is 27.9 Å². The van der Waals surface area contributed by atoms with Gasteiger partial charge in [-0.3, -0.25) is 19.4 Å². The fraction of sp³-hybridized carbons (Fsp3) is 0.114. The number of halogens is 4. The quantitative estimate of drug-likeness (QED) is 0.143. The number of fused-ring (bicyclic) bond motifs is 1. The molecule has 0 fully saturated rings. The number of rotatable bonds is 10. The molecular weight excluding hydrogens is 696 g/mol. The lowest BCUT2D eigenvalue weighted by atomic mass is 10.1. The van der Waals surface area contributed by atoms with E-state index in [1.165, 1.54) is 11.0 Å². The van der Waals surface area contributed by atoms with Crippen molar-refractivity contribution in [3.63, 3.8) is 0 Å². The molecule has 0 radical (unpaired) electrons. The van der Waals surface area contributed by atoms with E-state index in [1.54, 1.807) is 74.0 Å². The molecule has 9 nitrogen and oxygen atoms in total. The Kier molecular flexibility index (Phi) is 13.8. The van der Waals surface area contributed by atoms with Gasteiger partial charge in [0.1, 0.15) is 17.9 Å². The fourth-order valence-electron chi connectivity index (χ4n) is 4.49. The first-order valence-corrected chi connectivity index (χ1v) is 14.9. The maximum atomic E-state index is 13.0. The van der Waals surface area contributed by atoms with Gasteiger partial charge in [-0.25, -0.2) is 4.98 Å². The van der Waals surface area contributed by atoms with Crippen LogP contribution < -0.4 is 20.3 Å². The predicted octanol–water partition coefficient (Wildman–Crippen LogP) is 7.71. The number of para-hydroxylation sites is 1. The molecule has 0 bridgehead atoms. The molecule has 0 atom stereocenters. The van der Waals surface area contributed by atoms with Crippen molar-refractivity contribution in [2.45, 2.75) is 13.5 Å². The summed E-state index contributed by atoms with van der Waals surface area (Å²) in [6, 6.07) is 23.0. The van der Waals surface area contributed by atoms with E-state index in [0.29, 0.717) is 38.8 Å². The summed E-state index contributed by atoms with van der Waals surface area (Å²) >= 11 is 13.2. The fourth-order valence-corrected chi connectivity index (χ4v) is 5.10. The molecule has 2 aromatic heterocycles. The van der Waals surface area contributed by atoms with Crippen molar-refractivity contribution in [3.05, 3.63) is 130 Å². The molecule has 0 aliphatic rings. The Balaban J connectivity index is 0.00000312. The van der Waals surface area contributed by atoms with Gasteiger partial charge >= 0.3 is 0 Å². The number of likely N-dealkylation sites (N-methyl/N-ethyl adjacent to an activating group) is 1. The van der Waals surface area contributed by atoms with Crippen molar-refractivity contribution in [2.24, 2.45) is 0 Å². The first-order chi connectivity index (χ1) is 22.2. The lowest BCUT2D eigenvalue weighted by molar-refractivity contribution is -0.122. The van der Waals surface area contributed by atoms with E-state index in [-0.39, 0.29) is 48.9 Å². The number of hydrogen-bond acceptors (Lipinski definition) is 6. The average Bonchev–Trinajstić information content (AvgIpc) is 3.06. The Hall–Kier alpha value is -4.67. The highest BCUT2D eigenvalue weighted by Gasteiger charge is 2.19. The molecule has 0 saturated heterocycles. The van der Waals surface area contributed by atoms with Crippen molar-refractivity contribution in [2.75, 3.05) is 23.8 Å². The number of hydrogen-bond donors (Lipinski definition) is 2. The number of nitrogens with zero attached hydrogens (tertiary/aromatic N) is 3. The number of ether oxygens (including phenoxy) is 1. The van der Waals surface area contributed by atoms with Gasteiger partial charge in [0.05, 0.1) is 17.3 Å². The molecule has 3 amide bonds. The first-order valence-electron chi connectivity index (χ1n) is 14.2. The number of carbonyl (C=O) groups is 3. The maximum absolute atomic E-state index is 13.0. The molecule has 2 heterocycles. The molecular formula is C35H31Cl4N5O4. The van der Waals surface area contributed by atoms with Gasteiger partial charge in [0, 0.05) is 58.4 Å². The van der Waals surface area contributed by atoms with Gasteiger partial charge in [0.25, 0.3) is 5.91 Å². The van der Waals surface area contributed by atoms with E-state index in [2.05, 4.69) is 20.6 Å². The van der Waals surface area contributed by atoms with Crippen LogP contribution in [-0.2, 0) is 16.2 Å². The van der Waals surface area contributed by atoms with Crippen LogP contribution >= 0.6 is 48.0 Å². The van der Waals surface area contributed by atoms with Gasteiger partial charge < -0.3 is 20.3 Å². The number of nitrogens with one attached hydrogen (secondary N) is 2. The summed E-state index contributed by atoms with van der Waals surface area (Å²) in [7, 11) is 1.56. The lowest BCUT2D eigenvalue weighted by Gasteiger charge is -2.21. The van der Waals surface area contributed by atoms with E-state index < -0.39 is 11.8 Å². The smallest absolute Gasteiger partial charge is 0.255 e. The minimum atomic E-state index is -0.462. The topological polar surface area (TPSA) is 114 Å². The Morgan fingerprint density at radius 3 is 2.38 bits per heavy atom. The number of aryl methyl sites for hydroxylation is 1. The summed E-state index contributed by atoms with van der Waals surface area (Å²) in [5, 5.41) is 6.96. The van der Waals surface area contributed by atoms with Gasteiger partial charge in [-0.1, -0.05) is 53.5 Å². The molecule has 0 saturated carbocycles. The van der Waals surface area contributed by atoms with Crippen molar-refractivity contribution in [1.29, 1.82) is 0 Å². The van der Waals surface area contributed by atoms with Crippen LogP contribution in [0.3, 0.4) is 0 Å². The SMILES string of the molecule is Cc1ccc2cccc(OCc3c(Cl)ccc(N(C)C(=O)CNC(=O)/C=C/c4ccc(C(=O)Nc5ccncc5)cc4)c3Cl)c2n1.Cl.Cl. The van der Waals surface area contributed by atoms with E-state index in [9.17, 15) is 14.4 Å². The molecule has 0 aliphatic carbocycles. The van der Waals surface area contributed by atoms with E-state index in [1.807, 2.05) is 37.3 Å². The molecule has 248 valence electrons. The second kappa shape index (κ2) is 17.5. The summed E-state index contributed by atoms with van der Waals surface area (Å²) in [5.41, 5.74) is 4.32. The Labute approximate surface area is 300 Å². The summed E-state index contributed by atoms with van der Waals surface area (Å²) in [5.74, 6) is -0.534. The number of benzene rings is 3. The minimum Gasteiger partial charge on any atom is -0.487 e. The Morgan fingerprint density at radius 2 is 1.65 bits per heavy atom. The van der Waals surface area contributed by atoms with E-state index >= 15 is 0 Å². The third kappa shape index (κ3) is 9.45. The Bertz CT molecular complexity index is 1940. The van der Waals surface area contributed by atoms with Gasteiger partial charge in [0.15, 0.2) is 0 Å². The zero-order valence-electron chi connectivity index (χ0n) is 25.8. The van der Waals surface area contributed by atoms with Crippen LogP contribution in [0, 0.1) is 6.92 Å². The summed E-state index contributed by atoms with van der Waals surface area (Å²) < 4.78 is 6.08. The number of carbonyl (C=O) groups excluding carboxylic acids is 3. The van der Waals surface area contributed by atoms with Crippen LogP contribution in [0.15, 0.2) is 97.3 Å². The second-order valence-electron chi connectivity index (χ2n) is 10.2. The molecule has 13 heteroatoms. The second-order valence-corrected chi connectivity index (χ2v) is 11.0. The molecule has 0 aliphatic heterocycles. The normalized spacial score (nSPS) is 10.5. The highest BCUT2D eigenvalue weighted by atomic mass is 35.5. The number of pyridine rings is 2. The van der Waals surface area contributed by atoms with Crippen LogP contribution in [0.5, 0.6) is 5.75 Å². The van der Waals surface area contributed by atoms with Gasteiger partial charge in [-0.15, -0.1) is 24.8 Å². The molecule has 5 rings (SSSR count). The van der Waals surface area contributed by atoms with Crippen LogP contribution in [0.2, 0.25) is 10.0 Å². The largest absolute Gasteiger partial charge is 0.487 e. The van der Waals surface area contributed by atoms with Crippen LogP contribution in [0.25, 0.3) is 17.0 Å². The third-order valence-electron chi connectivity index (χ3n) is 7.05. The molecule has 48 heavy (non-hydrogen) atoms. The highest BCUT2D eigenvalue weighted by Crippen LogP contribution is 2.35. The summed E-state index contributed by atoms with van der Waals surface area (Å²) in [4.78, 5) is 47.7. The number of amides is 3. The summed E-state index contributed by atoms with van der Waals surface area (Å²) in [6.07, 6.45) is 6.08. The molecule has 5 aromatic rings. The van der Waals surface area contributed by atoms with Crippen LogP contribution in [0.1, 0.15) is 27.2 Å². The van der Waals surface area contributed by atoms with Crippen molar-refractivity contribution in [3.8, 4) is 5.75 Å². The summed E-state index contributed by atoms with van der Waals surface area (Å²) in [6.45, 7) is 1.70. The van der Waals surface area contributed by atoms with Crippen molar-refractivity contribution < 1.29 is 19.1 Å². The Morgan fingerprint density at radius 1 is 0.917 bits per heavy atom. The van der Waals surface area contributed by atoms with E-state index in [0.717, 1.165) is 16.6 Å². The third-order valence-corrected chi connectivity index (χ3v) is 7.82. The molecule has 0 unspecified atom stereocenters. The predicted molar refractivity (Wildman–Crippen MR) is 196 cm³/mol. The van der Waals surface area contributed by atoms with Gasteiger partial charge in [-0.2, -0.15) is 0 Å². The average molecular weight is 727 g/mol. The first kappa shape index (κ1) is 37.8. The zero-order chi connectivity index (χ0) is 32.6. The van der Waals surface area contributed by atoms with Crippen molar-refractivity contribution in [1.82, 2.24) is 15.3 Å². The monoisotopic (exact) mass is 725 g/mol. The van der Waals surface area contributed by atoms with Crippen LogP contribution in [-0.4, -0.2) is 41.3 Å². The van der Waals surface area contributed by atoms with Gasteiger partial charge in [0.2, 0.25) is 11.8 Å². The maximum Gasteiger partial charge on any atom is 0.255 e. The van der Waals surface area contributed by atoms with Crippen molar-refractivity contribution >= 4 is 94.1 Å². The van der Waals surface area contributed by atoms with Gasteiger partial charge in [-0.05, 0) is 67.1 Å². The number of aromatic nitrogens is 2. The molecule has 3 aromatic carbocycles. The van der Waals surface area contributed by atoms with Crippen LogP contribution in [0.4, 0.5) is 11.4 Å². The molecule has 2 N–H and O–H groups in total. The minimum absolute atomic E-state index is 0. The lowest BCUT2D eigenvalue weighted by Crippen LogP contribution is -2.37.